The lowest BCUT2D eigenvalue weighted by atomic mass is 9.80. The lowest BCUT2D eigenvalue weighted by molar-refractivity contribution is 0.307. The molecule has 0 spiro atoms. The highest BCUT2D eigenvalue weighted by Crippen LogP contribution is 2.37. The molecule has 1 aliphatic rings. The van der Waals surface area contributed by atoms with Crippen LogP contribution in [0, 0.1) is 23.2 Å². The molecular weight excluding hydrogens is 190 g/mol. The van der Waals surface area contributed by atoms with Crippen LogP contribution in [0.25, 0.3) is 0 Å². The summed E-state index contributed by atoms with van der Waals surface area (Å²) in [6.45, 7) is 4.46. The maximum atomic E-state index is 9.04. The van der Waals surface area contributed by atoms with E-state index in [0.29, 0.717) is 11.2 Å². The summed E-state index contributed by atoms with van der Waals surface area (Å²) in [5.41, 5.74) is 0. The van der Waals surface area contributed by atoms with Crippen molar-refractivity contribution in [1.29, 1.82) is 5.26 Å². The van der Waals surface area contributed by atoms with Gasteiger partial charge in [0, 0.05) is 5.25 Å². The summed E-state index contributed by atoms with van der Waals surface area (Å²) in [4.78, 5) is 0. The normalized spacial score (nSPS) is 32.5. The highest BCUT2D eigenvalue weighted by molar-refractivity contribution is 7.99. The molecule has 0 aliphatic heterocycles. The van der Waals surface area contributed by atoms with E-state index in [1.54, 1.807) is 0 Å². The Kier molecular flexibility index (Phi) is 5.40. The molecule has 0 aromatic heterocycles. The zero-order valence-corrected chi connectivity index (χ0v) is 10.1. The molecule has 1 saturated carbocycles. The van der Waals surface area contributed by atoms with Crippen molar-refractivity contribution < 1.29 is 0 Å². The van der Waals surface area contributed by atoms with E-state index in [2.05, 4.69) is 19.9 Å². The van der Waals surface area contributed by atoms with Crippen LogP contribution in [0.15, 0.2) is 0 Å². The molecule has 3 unspecified atom stereocenters. The maximum absolute atomic E-state index is 9.04. The molecule has 1 fully saturated rings. The Balaban J connectivity index is 2.45. The molecule has 0 radical (unpaired) electrons. The Morgan fingerprint density at radius 2 is 2.14 bits per heavy atom. The summed E-state index contributed by atoms with van der Waals surface area (Å²) in [6.07, 6.45) is 6.36. The minimum absolute atomic E-state index is 0.327. The topological polar surface area (TPSA) is 23.8 Å². The van der Waals surface area contributed by atoms with E-state index in [1.807, 2.05) is 11.8 Å². The van der Waals surface area contributed by atoms with Crippen LogP contribution in [0.1, 0.15) is 46.0 Å². The van der Waals surface area contributed by atoms with Crippen LogP contribution in [-0.2, 0) is 0 Å². The van der Waals surface area contributed by atoms with E-state index >= 15 is 0 Å². The zero-order valence-electron chi connectivity index (χ0n) is 9.33. The Bertz CT molecular complexity index is 197. The van der Waals surface area contributed by atoms with Crippen LogP contribution in [0.5, 0.6) is 0 Å². The lowest BCUT2D eigenvalue weighted by Crippen LogP contribution is -2.26. The molecule has 0 bridgehead atoms. The van der Waals surface area contributed by atoms with Gasteiger partial charge in [0.05, 0.1) is 12.0 Å². The monoisotopic (exact) mass is 211 g/mol. The van der Waals surface area contributed by atoms with Gasteiger partial charge in [-0.1, -0.05) is 26.7 Å². The van der Waals surface area contributed by atoms with Gasteiger partial charge in [0.15, 0.2) is 0 Å². The number of hydrogen-bond donors (Lipinski definition) is 0. The van der Waals surface area contributed by atoms with E-state index < -0.39 is 0 Å². The third-order valence-corrected chi connectivity index (χ3v) is 4.43. The highest BCUT2D eigenvalue weighted by Gasteiger charge is 2.29. The molecule has 0 saturated heterocycles. The molecule has 0 aromatic rings. The molecule has 14 heavy (non-hydrogen) atoms. The largest absolute Gasteiger partial charge is 0.198 e. The molecule has 0 amide bonds. The summed E-state index contributed by atoms with van der Waals surface area (Å²) >= 11 is 1.99. The van der Waals surface area contributed by atoms with Gasteiger partial charge in [-0.2, -0.15) is 17.0 Å². The van der Waals surface area contributed by atoms with Crippen LogP contribution in [0.3, 0.4) is 0 Å². The van der Waals surface area contributed by atoms with Gasteiger partial charge in [0.2, 0.25) is 0 Å². The number of thioether (sulfide) groups is 1. The number of hydrogen-bond acceptors (Lipinski definition) is 2. The summed E-state index contributed by atoms with van der Waals surface area (Å²) in [6, 6.07) is 2.48. The van der Waals surface area contributed by atoms with E-state index in [1.165, 1.54) is 25.7 Å². The van der Waals surface area contributed by atoms with Gasteiger partial charge >= 0.3 is 0 Å². The number of nitriles is 1. The average Bonchev–Trinajstić information content (AvgIpc) is 2.19. The standard InChI is InChI=1S/C12H21NS/c1-3-5-10-6-7-11(9-13)12(8-10)14-4-2/h10-12H,3-8H2,1-2H3. The summed E-state index contributed by atoms with van der Waals surface area (Å²) in [5.74, 6) is 2.38. The minimum Gasteiger partial charge on any atom is -0.198 e. The molecule has 3 atom stereocenters. The third kappa shape index (κ3) is 3.20. The molecule has 80 valence electrons. The van der Waals surface area contributed by atoms with E-state index in [-0.39, 0.29) is 0 Å². The maximum Gasteiger partial charge on any atom is 0.0667 e. The summed E-state index contributed by atoms with van der Waals surface area (Å²) < 4.78 is 0. The second-order valence-electron chi connectivity index (χ2n) is 4.20. The van der Waals surface area contributed by atoms with Gasteiger partial charge in [-0.05, 0) is 30.9 Å². The second kappa shape index (κ2) is 6.35. The number of nitrogens with zero attached hydrogens (tertiary/aromatic N) is 1. The van der Waals surface area contributed by atoms with Crippen molar-refractivity contribution in [2.24, 2.45) is 11.8 Å². The fraction of sp³-hybridized carbons (Fsp3) is 0.917. The Hall–Kier alpha value is -0.160. The quantitative estimate of drug-likeness (QED) is 0.705. The zero-order chi connectivity index (χ0) is 10.4. The number of rotatable bonds is 4. The SMILES string of the molecule is CCCC1CCC(C#N)C(SCC)C1. The first-order valence-corrected chi connectivity index (χ1v) is 6.87. The second-order valence-corrected chi connectivity index (χ2v) is 5.71. The van der Waals surface area contributed by atoms with Gasteiger partial charge in [0.25, 0.3) is 0 Å². The molecule has 0 aromatic carbocycles. The average molecular weight is 211 g/mol. The molecule has 1 nitrogen and oxygen atoms in total. The Labute approximate surface area is 92.3 Å². The fourth-order valence-corrected chi connectivity index (χ4v) is 3.69. The summed E-state index contributed by atoms with van der Waals surface area (Å²) in [7, 11) is 0. The van der Waals surface area contributed by atoms with Crippen molar-refractivity contribution in [3.05, 3.63) is 0 Å². The van der Waals surface area contributed by atoms with Crippen LogP contribution in [0.4, 0.5) is 0 Å². The molecule has 1 rings (SSSR count). The van der Waals surface area contributed by atoms with Gasteiger partial charge in [-0.25, -0.2) is 0 Å². The first-order valence-electron chi connectivity index (χ1n) is 5.83. The molecular formula is C12H21NS. The first-order chi connectivity index (χ1) is 6.81. The summed E-state index contributed by atoms with van der Waals surface area (Å²) in [5, 5.41) is 9.66. The van der Waals surface area contributed by atoms with Gasteiger partial charge in [0.1, 0.15) is 0 Å². The van der Waals surface area contributed by atoms with Crippen molar-refractivity contribution in [1.82, 2.24) is 0 Å². The van der Waals surface area contributed by atoms with Crippen molar-refractivity contribution in [2.45, 2.75) is 51.2 Å². The van der Waals surface area contributed by atoms with Crippen molar-refractivity contribution in [2.75, 3.05) is 5.75 Å². The van der Waals surface area contributed by atoms with E-state index in [0.717, 1.165) is 18.1 Å². The van der Waals surface area contributed by atoms with Gasteiger partial charge in [-0.15, -0.1) is 0 Å². The van der Waals surface area contributed by atoms with Crippen molar-refractivity contribution in [3.8, 4) is 6.07 Å². The van der Waals surface area contributed by atoms with E-state index in [9.17, 15) is 0 Å². The van der Waals surface area contributed by atoms with Gasteiger partial charge < -0.3 is 0 Å². The smallest absolute Gasteiger partial charge is 0.0667 e. The van der Waals surface area contributed by atoms with E-state index in [4.69, 9.17) is 5.26 Å². The molecule has 1 aliphatic carbocycles. The molecule has 0 heterocycles. The van der Waals surface area contributed by atoms with Crippen LogP contribution in [-0.4, -0.2) is 11.0 Å². The van der Waals surface area contributed by atoms with Crippen molar-refractivity contribution in [3.63, 3.8) is 0 Å². The van der Waals surface area contributed by atoms with Gasteiger partial charge in [-0.3, -0.25) is 0 Å². The Morgan fingerprint density at radius 1 is 1.36 bits per heavy atom. The lowest BCUT2D eigenvalue weighted by Gasteiger charge is -2.32. The molecule has 0 N–H and O–H groups in total. The predicted molar refractivity (Wildman–Crippen MR) is 63.3 cm³/mol. The fourth-order valence-electron chi connectivity index (χ4n) is 2.43. The van der Waals surface area contributed by atoms with Crippen LogP contribution in [0.2, 0.25) is 0 Å². The predicted octanol–water partition coefficient (Wildman–Crippen LogP) is 3.85. The minimum atomic E-state index is 0.327. The Morgan fingerprint density at radius 3 is 2.71 bits per heavy atom. The van der Waals surface area contributed by atoms with Crippen LogP contribution >= 0.6 is 11.8 Å². The first kappa shape index (κ1) is 11.9. The third-order valence-electron chi connectivity index (χ3n) is 3.14. The van der Waals surface area contributed by atoms with Crippen molar-refractivity contribution >= 4 is 11.8 Å². The highest BCUT2D eigenvalue weighted by atomic mass is 32.2. The molecule has 2 heteroatoms. The van der Waals surface area contributed by atoms with Crippen LogP contribution < -0.4 is 0 Å².